The minimum Gasteiger partial charge on any atom is -0.364 e. The molecule has 6 heteroatoms. The first kappa shape index (κ1) is 14.0. The second kappa shape index (κ2) is 5.52. The largest absolute Gasteiger partial charge is 0.364 e. The van der Waals surface area contributed by atoms with Gasteiger partial charge in [-0.15, -0.1) is 0 Å². The zero-order valence-electron chi connectivity index (χ0n) is 12.5. The van der Waals surface area contributed by atoms with E-state index in [9.17, 15) is 0 Å². The molecule has 5 nitrogen and oxygen atoms in total. The lowest BCUT2D eigenvalue weighted by molar-refractivity contribution is 1.05. The number of aromatic nitrogens is 4. The summed E-state index contributed by atoms with van der Waals surface area (Å²) in [5.41, 5.74) is 3.88. The van der Waals surface area contributed by atoms with Crippen LogP contribution in [0.15, 0.2) is 48.9 Å². The smallest absolute Gasteiger partial charge is 0.137 e. The first-order chi connectivity index (χ1) is 11.2. The van der Waals surface area contributed by atoms with Gasteiger partial charge in [-0.25, -0.2) is 15.0 Å². The van der Waals surface area contributed by atoms with Crippen LogP contribution in [0.1, 0.15) is 11.4 Å². The van der Waals surface area contributed by atoms with Crippen molar-refractivity contribution >= 4 is 34.0 Å². The van der Waals surface area contributed by atoms with E-state index in [4.69, 9.17) is 11.6 Å². The van der Waals surface area contributed by atoms with Gasteiger partial charge in [-0.1, -0.05) is 17.7 Å². The molecule has 1 aromatic carbocycles. The second-order valence-electron chi connectivity index (χ2n) is 5.36. The van der Waals surface area contributed by atoms with Gasteiger partial charge in [0.15, 0.2) is 0 Å². The highest BCUT2D eigenvalue weighted by atomic mass is 35.5. The van der Waals surface area contributed by atoms with Gasteiger partial charge in [-0.2, -0.15) is 0 Å². The van der Waals surface area contributed by atoms with E-state index in [1.165, 1.54) is 6.33 Å². The van der Waals surface area contributed by atoms with Crippen LogP contribution < -0.4 is 5.32 Å². The third-order valence-electron chi connectivity index (χ3n) is 3.78. The highest BCUT2D eigenvalue weighted by Crippen LogP contribution is 2.23. The number of benzene rings is 1. The molecule has 4 aromatic rings. The molecule has 0 bridgehead atoms. The molecule has 0 saturated heterocycles. The molecule has 23 heavy (non-hydrogen) atoms. The quantitative estimate of drug-likeness (QED) is 0.622. The Labute approximate surface area is 138 Å². The summed E-state index contributed by atoms with van der Waals surface area (Å²) in [6, 6.07) is 11.7. The molecule has 0 radical (unpaired) electrons. The van der Waals surface area contributed by atoms with Gasteiger partial charge >= 0.3 is 0 Å². The molecule has 0 aliphatic heterocycles. The summed E-state index contributed by atoms with van der Waals surface area (Å²) in [6.07, 6.45) is 3.58. The van der Waals surface area contributed by atoms with Crippen LogP contribution in [0.4, 0.5) is 5.82 Å². The van der Waals surface area contributed by atoms with E-state index in [0.29, 0.717) is 11.6 Å². The molecule has 4 rings (SSSR count). The van der Waals surface area contributed by atoms with E-state index in [0.717, 1.165) is 33.8 Å². The lowest BCUT2D eigenvalue weighted by Crippen LogP contribution is -2.02. The third kappa shape index (κ3) is 2.59. The van der Waals surface area contributed by atoms with Crippen molar-refractivity contribution in [2.24, 2.45) is 0 Å². The lowest BCUT2D eigenvalue weighted by atomic mass is 10.2. The Balaban J connectivity index is 1.64. The molecule has 1 N–H and O–H groups in total. The number of fused-ring (bicyclic) bond motifs is 2. The van der Waals surface area contributed by atoms with Crippen molar-refractivity contribution in [2.75, 3.05) is 5.32 Å². The van der Waals surface area contributed by atoms with Gasteiger partial charge in [0.25, 0.3) is 0 Å². The van der Waals surface area contributed by atoms with Gasteiger partial charge in [0.05, 0.1) is 17.8 Å². The van der Waals surface area contributed by atoms with E-state index >= 15 is 0 Å². The molecule has 0 aliphatic rings. The standard InChI is InChI=1S/C17H14ClN5/c1-11-3-2-4-16-22-13(9-23(11)16)8-19-17-14-6-5-12(18)7-15(14)20-10-21-17/h2-7,9-10H,8H2,1H3,(H,19,20,21). The first-order valence-corrected chi connectivity index (χ1v) is 7.66. The number of imidazole rings is 1. The maximum atomic E-state index is 6.01. The third-order valence-corrected chi connectivity index (χ3v) is 4.02. The molecule has 0 unspecified atom stereocenters. The van der Waals surface area contributed by atoms with Gasteiger partial charge in [0.1, 0.15) is 17.8 Å². The van der Waals surface area contributed by atoms with E-state index in [-0.39, 0.29) is 0 Å². The maximum absolute atomic E-state index is 6.01. The Bertz CT molecular complexity index is 1010. The minimum absolute atomic E-state index is 0.593. The minimum atomic E-state index is 0.593. The molecule has 0 atom stereocenters. The molecule has 114 valence electrons. The monoisotopic (exact) mass is 323 g/mol. The summed E-state index contributed by atoms with van der Waals surface area (Å²) >= 11 is 6.01. The zero-order chi connectivity index (χ0) is 15.8. The molecule has 0 aliphatic carbocycles. The van der Waals surface area contributed by atoms with Crippen LogP contribution in [0.5, 0.6) is 0 Å². The van der Waals surface area contributed by atoms with Gasteiger partial charge in [0.2, 0.25) is 0 Å². The van der Waals surface area contributed by atoms with Crippen LogP contribution in [-0.2, 0) is 6.54 Å². The summed E-state index contributed by atoms with van der Waals surface area (Å²) in [7, 11) is 0. The molecule has 3 aromatic heterocycles. The Kier molecular flexibility index (Phi) is 3.35. The Hall–Kier alpha value is -2.66. The molecular formula is C17H14ClN5. The molecule has 3 heterocycles. The highest BCUT2D eigenvalue weighted by molar-refractivity contribution is 6.31. The van der Waals surface area contributed by atoms with Crippen molar-refractivity contribution in [2.45, 2.75) is 13.5 Å². The van der Waals surface area contributed by atoms with E-state index < -0.39 is 0 Å². The Morgan fingerprint density at radius 3 is 2.96 bits per heavy atom. The number of anilines is 1. The van der Waals surface area contributed by atoms with Gasteiger partial charge in [-0.3, -0.25) is 0 Å². The summed E-state index contributed by atoms with van der Waals surface area (Å²) < 4.78 is 2.08. The van der Waals surface area contributed by atoms with Crippen molar-refractivity contribution in [3.63, 3.8) is 0 Å². The van der Waals surface area contributed by atoms with Crippen molar-refractivity contribution in [1.82, 2.24) is 19.4 Å². The molecule has 0 fully saturated rings. The van der Waals surface area contributed by atoms with Crippen LogP contribution in [0.3, 0.4) is 0 Å². The van der Waals surface area contributed by atoms with Crippen molar-refractivity contribution in [3.8, 4) is 0 Å². The maximum Gasteiger partial charge on any atom is 0.137 e. The fourth-order valence-electron chi connectivity index (χ4n) is 2.63. The average molecular weight is 324 g/mol. The Morgan fingerprint density at radius 2 is 2.09 bits per heavy atom. The number of hydrogen-bond donors (Lipinski definition) is 1. The summed E-state index contributed by atoms with van der Waals surface area (Å²) in [5.74, 6) is 0.778. The molecular weight excluding hydrogens is 310 g/mol. The van der Waals surface area contributed by atoms with Crippen molar-refractivity contribution in [3.05, 3.63) is 65.3 Å². The predicted octanol–water partition coefficient (Wildman–Crippen LogP) is 3.85. The average Bonchev–Trinajstić information content (AvgIpc) is 2.97. The summed E-state index contributed by atoms with van der Waals surface area (Å²) in [4.78, 5) is 13.2. The molecule has 0 amide bonds. The molecule has 0 spiro atoms. The van der Waals surface area contributed by atoms with Gasteiger partial charge in [-0.05, 0) is 37.3 Å². The van der Waals surface area contributed by atoms with Crippen LogP contribution in [0, 0.1) is 6.92 Å². The van der Waals surface area contributed by atoms with E-state index in [1.807, 2.05) is 36.5 Å². The number of pyridine rings is 1. The number of rotatable bonds is 3. The normalized spacial score (nSPS) is 11.2. The van der Waals surface area contributed by atoms with Gasteiger partial charge in [0, 0.05) is 22.3 Å². The van der Waals surface area contributed by atoms with Crippen molar-refractivity contribution < 1.29 is 0 Å². The Morgan fingerprint density at radius 1 is 1.17 bits per heavy atom. The zero-order valence-corrected chi connectivity index (χ0v) is 13.2. The summed E-state index contributed by atoms with van der Waals surface area (Å²) in [6.45, 7) is 2.66. The van der Waals surface area contributed by atoms with E-state index in [1.54, 1.807) is 0 Å². The SMILES string of the molecule is Cc1cccc2nc(CNc3ncnc4cc(Cl)ccc34)cn12. The topological polar surface area (TPSA) is 55.1 Å². The van der Waals surface area contributed by atoms with Crippen molar-refractivity contribution in [1.29, 1.82) is 0 Å². The first-order valence-electron chi connectivity index (χ1n) is 7.28. The van der Waals surface area contributed by atoms with Crippen LogP contribution >= 0.6 is 11.6 Å². The van der Waals surface area contributed by atoms with Gasteiger partial charge < -0.3 is 9.72 Å². The fraction of sp³-hybridized carbons (Fsp3) is 0.118. The lowest BCUT2D eigenvalue weighted by Gasteiger charge is -2.06. The number of nitrogens with zero attached hydrogens (tertiary/aromatic N) is 4. The highest BCUT2D eigenvalue weighted by Gasteiger charge is 2.06. The van der Waals surface area contributed by atoms with Crippen LogP contribution in [0.25, 0.3) is 16.6 Å². The number of aryl methyl sites for hydroxylation is 1. The second-order valence-corrected chi connectivity index (χ2v) is 5.80. The summed E-state index contributed by atoms with van der Waals surface area (Å²) in [5, 5.41) is 4.94. The van der Waals surface area contributed by atoms with E-state index in [2.05, 4.69) is 37.7 Å². The number of halogens is 1. The number of hydrogen-bond acceptors (Lipinski definition) is 4. The van der Waals surface area contributed by atoms with Crippen LogP contribution in [-0.4, -0.2) is 19.4 Å². The molecule has 0 saturated carbocycles. The fourth-order valence-corrected chi connectivity index (χ4v) is 2.80. The predicted molar refractivity (Wildman–Crippen MR) is 91.8 cm³/mol. The van der Waals surface area contributed by atoms with Crippen LogP contribution in [0.2, 0.25) is 5.02 Å². The number of nitrogens with one attached hydrogen (secondary N) is 1.